The standard InChI is InChI=1S/C25H23N3O4S/c1-17(19-4-6-20(7-5-19)21-10-12-26-13-11-21)28-32-15-14-31-22-8-2-18(3-9-22)16-23-24(29)27-25(30)33-23/h2-13,29H,14-16H2,1H3,(H,27,30)/b28-17+. The Bertz CT molecular complexity index is 1260. The van der Waals surface area contributed by atoms with E-state index in [4.69, 9.17) is 9.57 Å². The van der Waals surface area contributed by atoms with Gasteiger partial charge in [0.1, 0.15) is 12.4 Å². The number of benzene rings is 2. The van der Waals surface area contributed by atoms with Gasteiger partial charge in [0, 0.05) is 18.8 Å². The molecule has 0 atom stereocenters. The first kappa shape index (κ1) is 22.3. The monoisotopic (exact) mass is 461 g/mol. The molecule has 2 aromatic carbocycles. The van der Waals surface area contributed by atoms with Gasteiger partial charge < -0.3 is 14.7 Å². The van der Waals surface area contributed by atoms with E-state index in [1.165, 1.54) is 0 Å². The third kappa shape index (κ3) is 6.08. The highest BCUT2D eigenvalue weighted by Crippen LogP contribution is 2.22. The molecule has 33 heavy (non-hydrogen) atoms. The number of aromatic nitrogens is 2. The summed E-state index contributed by atoms with van der Waals surface area (Å²) in [5.74, 6) is 0.643. The van der Waals surface area contributed by atoms with Crippen molar-refractivity contribution in [2.75, 3.05) is 13.2 Å². The number of pyridine rings is 1. The molecule has 0 aliphatic carbocycles. The van der Waals surface area contributed by atoms with E-state index in [0.717, 1.165) is 39.3 Å². The normalized spacial score (nSPS) is 11.4. The van der Waals surface area contributed by atoms with Gasteiger partial charge in [0.15, 0.2) is 6.61 Å². The predicted octanol–water partition coefficient (Wildman–Crippen LogP) is 4.61. The van der Waals surface area contributed by atoms with Crippen molar-refractivity contribution in [2.24, 2.45) is 5.16 Å². The molecule has 0 unspecified atom stereocenters. The average Bonchev–Trinajstić information content (AvgIpc) is 3.16. The van der Waals surface area contributed by atoms with E-state index in [9.17, 15) is 9.90 Å². The van der Waals surface area contributed by atoms with Gasteiger partial charge in [0.25, 0.3) is 0 Å². The third-order valence-electron chi connectivity index (χ3n) is 4.95. The highest BCUT2D eigenvalue weighted by atomic mass is 32.1. The van der Waals surface area contributed by atoms with Crippen LogP contribution >= 0.6 is 11.3 Å². The lowest BCUT2D eigenvalue weighted by Crippen LogP contribution is -2.05. The number of oxime groups is 1. The average molecular weight is 462 g/mol. The lowest BCUT2D eigenvalue weighted by atomic mass is 10.0. The summed E-state index contributed by atoms with van der Waals surface area (Å²) < 4.78 is 5.69. The van der Waals surface area contributed by atoms with Crippen LogP contribution in [0.3, 0.4) is 0 Å². The van der Waals surface area contributed by atoms with Crippen molar-refractivity contribution in [3.63, 3.8) is 0 Å². The molecule has 0 saturated carbocycles. The minimum Gasteiger partial charge on any atom is -0.494 e. The van der Waals surface area contributed by atoms with Crippen LogP contribution in [0, 0.1) is 0 Å². The molecule has 168 valence electrons. The smallest absolute Gasteiger partial charge is 0.307 e. The van der Waals surface area contributed by atoms with Crippen molar-refractivity contribution >= 4 is 17.0 Å². The highest BCUT2D eigenvalue weighted by molar-refractivity contribution is 7.09. The molecule has 0 amide bonds. The molecule has 0 radical (unpaired) electrons. The van der Waals surface area contributed by atoms with Crippen LogP contribution in [-0.2, 0) is 11.3 Å². The Kier molecular flexibility index (Phi) is 7.16. The predicted molar refractivity (Wildman–Crippen MR) is 129 cm³/mol. The Labute approximate surface area is 195 Å². The molecule has 0 aliphatic heterocycles. The topological polar surface area (TPSA) is 96.8 Å². The summed E-state index contributed by atoms with van der Waals surface area (Å²) in [6, 6.07) is 19.6. The molecule has 4 aromatic rings. The zero-order valence-corrected chi connectivity index (χ0v) is 18.8. The van der Waals surface area contributed by atoms with Crippen molar-refractivity contribution in [3.05, 3.63) is 98.7 Å². The summed E-state index contributed by atoms with van der Waals surface area (Å²) >= 11 is 1.01. The number of ether oxygens (including phenoxy) is 1. The van der Waals surface area contributed by atoms with Crippen LogP contribution in [0.5, 0.6) is 11.6 Å². The molecule has 0 aliphatic rings. The molecule has 7 nitrogen and oxygen atoms in total. The number of aromatic amines is 1. The fraction of sp³-hybridized carbons (Fsp3) is 0.160. The van der Waals surface area contributed by atoms with E-state index in [0.29, 0.717) is 30.3 Å². The van der Waals surface area contributed by atoms with Crippen molar-refractivity contribution in [3.8, 4) is 22.8 Å². The van der Waals surface area contributed by atoms with Gasteiger partial charge in [-0.2, -0.15) is 0 Å². The number of thiazole rings is 1. The maximum Gasteiger partial charge on any atom is 0.307 e. The van der Waals surface area contributed by atoms with E-state index in [-0.39, 0.29) is 10.8 Å². The van der Waals surface area contributed by atoms with Gasteiger partial charge in [-0.25, -0.2) is 0 Å². The van der Waals surface area contributed by atoms with Gasteiger partial charge in [-0.15, -0.1) is 0 Å². The van der Waals surface area contributed by atoms with Gasteiger partial charge in [-0.1, -0.05) is 52.9 Å². The first-order valence-corrected chi connectivity index (χ1v) is 11.2. The Balaban J connectivity index is 1.22. The third-order valence-corrected chi connectivity index (χ3v) is 5.82. The van der Waals surface area contributed by atoms with Crippen LogP contribution in [0.2, 0.25) is 0 Å². The number of aromatic hydroxyl groups is 1. The van der Waals surface area contributed by atoms with Crippen LogP contribution in [0.25, 0.3) is 11.1 Å². The van der Waals surface area contributed by atoms with Gasteiger partial charge in [0.2, 0.25) is 5.88 Å². The minimum atomic E-state index is -0.262. The first-order chi connectivity index (χ1) is 16.1. The Hall–Kier alpha value is -3.91. The van der Waals surface area contributed by atoms with E-state index in [2.05, 4.69) is 15.1 Å². The summed E-state index contributed by atoms with van der Waals surface area (Å²) in [5.41, 5.74) is 4.99. The van der Waals surface area contributed by atoms with Crippen LogP contribution < -0.4 is 9.61 Å². The van der Waals surface area contributed by atoms with Crippen LogP contribution in [0.4, 0.5) is 0 Å². The maximum atomic E-state index is 11.3. The summed E-state index contributed by atoms with van der Waals surface area (Å²) in [5, 5.41) is 13.9. The van der Waals surface area contributed by atoms with Crippen molar-refractivity contribution < 1.29 is 14.7 Å². The lowest BCUT2D eigenvalue weighted by molar-refractivity contribution is 0.107. The minimum absolute atomic E-state index is 0.0667. The second-order valence-corrected chi connectivity index (χ2v) is 8.35. The zero-order chi connectivity index (χ0) is 23.0. The van der Waals surface area contributed by atoms with Crippen molar-refractivity contribution in [1.82, 2.24) is 9.97 Å². The van der Waals surface area contributed by atoms with E-state index < -0.39 is 0 Å². The second-order valence-electron chi connectivity index (χ2n) is 7.28. The molecular weight excluding hydrogens is 438 g/mol. The van der Waals surface area contributed by atoms with Gasteiger partial charge in [-0.3, -0.25) is 14.8 Å². The molecule has 0 saturated heterocycles. The molecule has 4 rings (SSSR count). The molecular formula is C25H23N3O4S. The quantitative estimate of drug-likeness (QED) is 0.215. The van der Waals surface area contributed by atoms with Crippen LogP contribution in [-0.4, -0.2) is 34.0 Å². The number of nitrogens with zero attached hydrogens (tertiary/aromatic N) is 2. The fourth-order valence-electron chi connectivity index (χ4n) is 3.20. The summed E-state index contributed by atoms with van der Waals surface area (Å²) in [4.78, 5) is 23.4. The molecule has 8 heteroatoms. The number of hydrogen-bond acceptors (Lipinski definition) is 7. The first-order valence-electron chi connectivity index (χ1n) is 10.4. The maximum absolute atomic E-state index is 11.3. The van der Waals surface area contributed by atoms with Gasteiger partial charge in [0.05, 0.1) is 10.6 Å². The second kappa shape index (κ2) is 10.6. The summed E-state index contributed by atoms with van der Waals surface area (Å²) in [7, 11) is 0. The highest BCUT2D eigenvalue weighted by Gasteiger charge is 2.07. The SMILES string of the molecule is C/C(=N\OCCOc1ccc(Cc2sc(=O)[nH]c2O)cc1)c1ccc(-c2ccncc2)cc1. The number of rotatable bonds is 9. The summed E-state index contributed by atoms with van der Waals surface area (Å²) in [6.07, 6.45) is 4.04. The van der Waals surface area contributed by atoms with Crippen LogP contribution in [0.15, 0.2) is 83.0 Å². The Morgan fingerprint density at radius 3 is 2.36 bits per heavy atom. The fourth-order valence-corrected chi connectivity index (χ4v) is 3.96. The lowest BCUT2D eigenvalue weighted by Gasteiger charge is -2.07. The number of H-pyrrole nitrogens is 1. The van der Waals surface area contributed by atoms with Crippen molar-refractivity contribution in [1.29, 1.82) is 0 Å². The van der Waals surface area contributed by atoms with Gasteiger partial charge >= 0.3 is 4.87 Å². The van der Waals surface area contributed by atoms with Gasteiger partial charge in [-0.05, 0) is 53.4 Å². The Morgan fingerprint density at radius 2 is 1.70 bits per heavy atom. The molecule has 2 N–H and O–H groups in total. The van der Waals surface area contributed by atoms with Crippen LogP contribution in [0.1, 0.15) is 22.9 Å². The largest absolute Gasteiger partial charge is 0.494 e. The Morgan fingerprint density at radius 1 is 1.00 bits per heavy atom. The van der Waals surface area contributed by atoms with Crippen molar-refractivity contribution in [2.45, 2.75) is 13.3 Å². The molecule has 0 spiro atoms. The number of nitrogens with one attached hydrogen (secondary N) is 1. The molecule has 0 bridgehead atoms. The van der Waals surface area contributed by atoms with E-state index in [1.54, 1.807) is 12.4 Å². The zero-order valence-electron chi connectivity index (χ0n) is 18.0. The van der Waals surface area contributed by atoms with E-state index in [1.807, 2.05) is 67.6 Å². The molecule has 2 aromatic heterocycles. The number of hydrogen-bond donors (Lipinski definition) is 2. The molecule has 2 heterocycles. The molecule has 0 fully saturated rings. The summed E-state index contributed by atoms with van der Waals surface area (Å²) in [6.45, 7) is 2.58. The van der Waals surface area contributed by atoms with E-state index >= 15 is 0 Å².